The van der Waals surface area contributed by atoms with Crippen molar-refractivity contribution in [2.75, 3.05) is 19.7 Å². The van der Waals surface area contributed by atoms with Gasteiger partial charge >= 0.3 is 5.97 Å². The summed E-state index contributed by atoms with van der Waals surface area (Å²) in [6, 6.07) is 12.8. The largest absolute Gasteiger partial charge is 0.492 e. The van der Waals surface area contributed by atoms with Crippen LogP contribution in [0.1, 0.15) is 67.7 Å². The van der Waals surface area contributed by atoms with Crippen LogP contribution in [0.4, 0.5) is 0 Å². The molecule has 1 aliphatic rings. The van der Waals surface area contributed by atoms with Gasteiger partial charge in [0.05, 0.1) is 17.5 Å². The summed E-state index contributed by atoms with van der Waals surface area (Å²) in [5, 5.41) is 9.65. The molecule has 1 aliphatic heterocycles. The minimum absolute atomic E-state index is 0.237. The molecule has 0 amide bonds. The number of carbonyl (C=O) groups is 1. The van der Waals surface area contributed by atoms with Gasteiger partial charge in [0, 0.05) is 19.6 Å². The molecule has 1 unspecified atom stereocenters. The van der Waals surface area contributed by atoms with Crippen LogP contribution < -0.4 is 4.74 Å². The van der Waals surface area contributed by atoms with Gasteiger partial charge in [-0.15, -0.1) is 0 Å². The van der Waals surface area contributed by atoms with E-state index in [0.29, 0.717) is 30.6 Å². The summed E-state index contributed by atoms with van der Waals surface area (Å²) in [4.78, 5) is 13.1. The maximum Gasteiger partial charge on any atom is 0.309 e. The molecule has 0 aromatic heterocycles. The Morgan fingerprint density at radius 3 is 2.47 bits per heavy atom. The van der Waals surface area contributed by atoms with E-state index in [0.717, 1.165) is 37.1 Å². The number of unbranched alkanes of at least 4 members (excludes halogenated alkanes) is 2. The fourth-order valence-corrected chi connectivity index (χ4v) is 4.98. The number of benzene rings is 2. The van der Waals surface area contributed by atoms with E-state index in [9.17, 15) is 4.79 Å². The number of nitrogens with zero attached hydrogens (tertiary/aromatic N) is 1. The van der Waals surface area contributed by atoms with E-state index in [-0.39, 0.29) is 5.92 Å². The van der Waals surface area contributed by atoms with Crippen molar-refractivity contribution in [2.24, 2.45) is 11.8 Å². The van der Waals surface area contributed by atoms with Crippen molar-refractivity contribution in [1.82, 2.24) is 4.90 Å². The molecule has 5 heteroatoms. The topological polar surface area (TPSA) is 49.8 Å². The maximum absolute atomic E-state index is 11.0. The van der Waals surface area contributed by atoms with Gasteiger partial charge in [-0.05, 0) is 73.4 Å². The van der Waals surface area contributed by atoms with Crippen molar-refractivity contribution in [1.29, 1.82) is 0 Å². The molecule has 186 valence electrons. The SMILES string of the molecule is CCCCCC(CCCOc1ccc(CN2CC(C(=O)O)C2)cc1Cl)Cc1ccc(C)c(C)c1. The molecule has 0 spiro atoms. The second kappa shape index (κ2) is 13.2. The van der Waals surface area contributed by atoms with Crippen LogP contribution in [-0.2, 0) is 17.8 Å². The number of hydrogen-bond donors (Lipinski definition) is 1. The highest BCUT2D eigenvalue weighted by Gasteiger charge is 2.32. The monoisotopic (exact) mass is 485 g/mol. The molecule has 0 bridgehead atoms. The Balaban J connectivity index is 1.45. The minimum atomic E-state index is -0.709. The number of hydrogen-bond acceptors (Lipinski definition) is 3. The summed E-state index contributed by atoms with van der Waals surface area (Å²) in [5.41, 5.74) is 5.27. The average molecular weight is 486 g/mol. The van der Waals surface area contributed by atoms with Crippen LogP contribution in [0.5, 0.6) is 5.75 Å². The van der Waals surface area contributed by atoms with E-state index in [1.807, 2.05) is 18.2 Å². The molecular weight excluding hydrogens is 446 g/mol. The molecule has 1 saturated heterocycles. The lowest BCUT2D eigenvalue weighted by atomic mass is 9.89. The number of halogens is 1. The Morgan fingerprint density at radius 2 is 1.79 bits per heavy atom. The third kappa shape index (κ3) is 8.02. The van der Waals surface area contributed by atoms with Gasteiger partial charge in [-0.3, -0.25) is 9.69 Å². The number of rotatable bonds is 14. The van der Waals surface area contributed by atoms with Gasteiger partial charge in [-0.1, -0.05) is 68.5 Å². The van der Waals surface area contributed by atoms with Gasteiger partial charge in [-0.25, -0.2) is 0 Å². The van der Waals surface area contributed by atoms with Gasteiger partial charge in [0.15, 0.2) is 0 Å². The molecule has 1 fully saturated rings. The van der Waals surface area contributed by atoms with Crippen molar-refractivity contribution in [2.45, 2.75) is 72.3 Å². The fourth-order valence-electron chi connectivity index (χ4n) is 4.72. The Bertz CT molecular complexity index is 939. The lowest BCUT2D eigenvalue weighted by Crippen LogP contribution is -2.49. The normalized spacial score (nSPS) is 15.2. The molecular formula is C29H40ClNO3. The average Bonchev–Trinajstić information content (AvgIpc) is 2.76. The highest BCUT2D eigenvalue weighted by atomic mass is 35.5. The number of aliphatic carboxylic acids is 1. The first-order valence-corrected chi connectivity index (χ1v) is 13.2. The van der Waals surface area contributed by atoms with Crippen LogP contribution in [-0.4, -0.2) is 35.7 Å². The second-order valence-corrected chi connectivity index (χ2v) is 10.4. The second-order valence-electron chi connectivity index (χ2n) is 9.97. The third-order valence-electron chi connectivity index (χ3n) is 7.03. The van der Waals surface area contributed by atoms with Gasteiger partial charge in [0.2, 0.25) is 0 Å². The van der Waals surface area contributed by atoms with Crippen LogP contribution in [0.25, 0.3) is 0 Å². The molecule has 2 aromatic rings. The lowest BCUT2D eigenvalue weighted by molar-refractivity contribution is -0.147. The minimum Gasteiger partial charge on any atom is -0.492 e. The molecule has 4 nitrogen and oxygen atoms in total. The van der Waals surface area contributed by atoms with E-state index in [1.54, 1.807) is 0 Å². The Labute approximate surface area is 210 Å². The quantitative estimate of drug-likeness (QED) is 0.291. The van der Waals surface area contributed by atoms with Gasteiger partial charge < -0.3 is 9.84 Å². The molecule has 1 N–H and O–H groups in total. The summed E-state index contributed by atoms with van der Waals surface area (Å²) in [6.07, 6.45) is 8.44. The standard InChI is InChI=1S/C29H40ClNO3/c1-4-5-6-8-23(16-24-11-10-21(2)22(3)15-24)9-7-14-34-28-13-12-25(17-27(28)30)18-31-19-26(20-31)29(32)33/h10-13,15,17,23,26H,4-9,14,16,18-20H2,1-3H3,(H,32,33). The highest BCUT2D eigenvalue weighted by molar-refractivity contribution is 6.32. The fraction of sp³-hybridized carbons (Fsp3) is 0.552. The summed E-state index contributed by atoms with van der Waals surface area (Å²) < 4.78 is 6.02. The van der Waals surface area contributed by atoms with Gasteiger partial charge in [0.1, 0.15) is 5.75 Å². The molecule has 0 aliphatic carbocycles. The van der Waals surface area contributed by atoms with Crippen molar-refractivity contribution in [3.63, 3.8) is 0 Å². The Morgan fingerprint density at radius 1 is 1.06 bits per heavy atom. The number of carboxylic acid groups (broad SMARTS) is 1. The summed E-state index contributed by atoms with van der Waals surface area (Å²) in [6.45, 7) is 9.23. The number of likely N-dealkylation sites (tertiary alicyclic amines) is 1. The predicted octanol–water partition coefficient (Wildman–Crippen LogP) is 7.07. The first-order valence-electron chi connectivity index (χ1n) is 12.8. The smallest absolute Gasteiger partial charge is 0.309 e. The third-order valence-corrected chi connectivity index (χ3v) is 7.33. The van der Waals surface area contributed by atoms with Crippen molar-refractivity contribution in [3.8, 4) is 5.75 Å². The molecule has 3 rings (SSSR count). The Hall–Kier alpha value is -2.04. The van der Waals surface area contributed by atoms with E-state index < -0.39 is 5.97 Å². The summed E-state index contributed by atoms with van der Waals surface area (Å²) in [5.74, 6) is 0.467. The zero-order chi connectivity index (χ0) is 24.5. The first kappa shape index (κ1) is 26.6. The predicted molar refractivity (Wildman–Crippen MR) is 140 cm³/mol. The Kier molecular flexibility index (Phi) is 10.3. The van der Waals surface area contributed by atoms with Crippen LogP contribution >= 0.6 is 11.6 Å². The summed E-state index contributed by atoms with van der Waals surface area (Å²) >= 11 is 6.48. The molecule has 2 aromatic carbocycles. The highest BCUT2D eigenvalue weighted by Crippen LogP contribution is 2.28. The van der Waals surface area contributed by atoms with E-state index >= 15 is 0 Å². The van der Waals surface area contributed by atoms with Crippen LogP contribution in [0.2, 0.25) is 5.02 Å². The van der Waals surface area contributed by atoms with E-state index in [1.165, 1.54) is 42.4 Å². The van der Waals surface area contributed by atoms with Crippen molar-refractivity contribution in [3.05, 3.63) is 63.7 Å². The van der Waals surface area contributed by atoms with Crippen LogP contribution in [0, 0.1) is 25.7 Å². The number of ether oxygens (including phenoxy) is 1. The first-order chi connectivity index (χ1) is 16.4. The molecule has 0 radical (unpaired) electrons. The zero-order valence-corrected chi connectivity index (χ0v) is 21.7. The summed E-state index contributed by atoms with van der Waals surface area (Å²) in [7, 11) is 0. The van der Waals surface area contributed by atoms with Crippen LogP contribution in [0.3, 0.4) is 0 Å². The van der Waals surface area contributed by atoms with Crippen LogP contribution in [0.15, 0.2) is 36.4 Å². The maximum atomic E-state index is 11.0. The van der Waals surface area contributed by atoms with Crippen molar-refractivity contribution < 1.29 is 14.6 Å². The van der Waals surface area contributed by atoms with Crippen molar-refractivity contribution >= 4 is 17.6 Å². The molecule has 1 heterocycles. The van der Waals surface area contributed by atoms with E-state index in [4.69, 9.17) is 21.4 Å². The molecule has 34 heavy (non-hydrogen) atoms. The van der Waals surface area contributed by atoms with E-state index in [2.05, 4.69) is 43.9 Å². The molecule has 0 saturated carbocycles. The van der Waals surface area contributed by atoms with Gasteiger partial charge in [0.25, 0.3) is 0 Å². The number of aryl methyl sites for hydroxylation is 2. The molecule has 1 atom stereocenters. The lowest BCUT2D eigenvalue weighted by Gasteiger charge is -2.36. The van der Waals surface area contributed by atoms with Gasteiger partial charge in [-0.2, -0.15) is 0 Å². The number of carboxylic acids is 1. The zero-order valence-electron chi connectivity index (χ0n) is 21.0.